The van der Waals surface area contributed by atoms with E-state index in [0.29, 0.717) is 5.38 Å². The normalized spacial score (nSPS) is 33.6. The van der Waals surface area contributed by atoms with Gasteiger partial charge in [0.25, 0.3) is 0 Å². The van der Waals surface area contributed by atoms with Crippen LogP contribution in [0.2, 0.25) is 0 Å². The van der Waals surface area contributed by atoms with Crippen LogP contribution in [0.3, 0.4) is 0 Å². The summed E-state index contributed by atoms with van der Waals surface area (Å²) < 4.78 is 0. The minimum Gasteiger partial charge on any atom is -0.123 e. The predicted octanol–water partition coefficient (Wildman–Crippen LogP) is 3.44. The molecule has 2 unspecified atom stereocenters. The van der Waals surface area contributed by atoms with Crippen molar-refractivity contribution in [1.29, 1.82) is 0 Å². The van der Waals surface area contributed by atoms with Crippen LogP contribution in [0.5, 0.6) is 0 Å². The van der Waals surface area contributed by atoms with Crippen LogP contribution in [0.4, 0.5) is 0 Å². The maximum Gasteiger partial charge on any atom is 0.0364 e. The van der Waals surface area contributed by atoms with E-state index in [2.05, 4.69) is 13.8 Å². The topological polar surface area (TPSA) is 0 Å². The van der Waals surface area contributed by atoms with Crippen molar-refractivity contribution >= 4 is 11.6 Å². The molecular weight excluding hydrogens is 144 g/mol. The third-order valence-corrected chi connectivity index (χ3v) is 2.92. The van der Waals surface area contributed by atoms with Gasteiger partial charge >= 0.3 is 0 Å². The molecule has 0 heterocycles. The van der Waals surface area contributed by atoms with Crippen LogP contribution in [-0.2, 0) is 0 Å². The lowest BCUT2D eigenvalue weighted by atomic mass is 9.96. The lowest BCUT2D eigenvalue weighted by molar-refractivity contribution is 0.423. The Kier molecular flexibility index (Phi) is 3.03. The molecule has 10 heavy (non-hydrogen) atoms. The first-order valence-electron chi connectivity index (χ1n) is 4.34. The largest absolute Gasteiger partial charge is 0.123 e. The van der Waals surface area contributed by atoms with E-state index in [1.165, 1.54) is 25.7 Å². The van der Waals surface area contributed by atoms with Crippen molar-refractivity contribution in [2.45, 2.75) is 44.9 Å². The first-order chi connectivity index (χ1) is 4.70. The molecule has 0 bridgehead atoms. The lowest BCUT2D eigenvalue weighted by Gasteiger charge is -2.15. The minimum absolute atomic E-state index is 0.488. The molecule has 0 saturated heterocycles. The molecule has 0 spiro atoms. The standard InChI is InChI=1S/C9H17Cl/c1-7(2)6-8-4-3-5-9(8)10/h7-9H,3-6H2,1-2H3. The third kappa shape index (κ3) is 2.16. The summed E-state index contributed by atoms with van der Waals surface area (Å²) in [6.45, 7) is 4.56. The van der Waals surface area contributed by atoms with Crippen LogP contribution in [0.25, 0.3) is 0 Å². The average Bonchev–Trinajstić information content (AvgIpc) is 2.15. The maximum absolute atomic E-state index is 6.12. The summed E-state index contributed by atoms with van der Waals surface area (Å²) in [4.78, 5) is 0. The first kappa shape index (κ1) is 8.39. The monoisotopic (exact) mass is 160 g/mol. The van der Waals surface area contributed by atoms with Gasteiger partial charge in [0.05, 0.1) is 0 Å². The Balaban J connectivity index is 2.26. The van der Waals surface area contributed by atoms with Crippen LogP contribution >= 0.6 is 11.6 Å². The Morgan fingerprint density at radius 2 is 2.10 bits per heavy atom. The maximum atomic E-state index is 6.12. The Bertz CT molecular complexity index is 98.9. The molecule has 0 radical (unpaired) electrons. The highest BCUT2D eigenvalue weighted by Gasteiger charge is 2.25. The van der Waals surface area contributed by atoms with Crippen LogP contribution in [0.15, 0.2) is 0 Å². The van der Waals surface area contributed by atoms with Gasteiger partial charge in [-0.05, 0) is 31.1 Å². The van der Waals surface area contributed by atoms with Gasteiger partial charge in [-0.2, -0.15) is 0 Å². The van der Waals surface area contributed by atoms with Gasteiger partial charge in [0, 0.05) is 5.38 Å². The van der Waals surface area contributed by atoms with Crippen LogP contribution < -0.4 is 0 Å². The van der Waals surface area contributed by atoms with E-state index < -0.39 is 0 Å². The molecule has 0 N–H and O–H groups in total. The Morgan fingerprint density at radius 3 is 2.50 bits per heavy atom. The molecule has 0 nitrogen and oxygen atoms in total. The van der Waals surface area contributed by atoms with Gasteiger partial charge in [0.2, 0.25) is 0 Å². The summed E-state index contributed by atoms with van der Waals surface area (Å²) >= 11 is 6.12. The van der Waals surface area contributed by atoms with Crippen molar-refractivity contribution < 1.29 is 0 Å². The quantitative estimate of drug-likeness (QED) is 0.543. The molecule has 1 heteroatoms. The number of alkyl halides is 1. The Labute approximate surface area is 69.0 Å². The smallest absolute Gasteiger partial charge is 0.0364 e. The number of halogens is 1. The van der Waals surface area contributed by atoms with E-state index in [1.54, 1.807) is 0 Å². The average molecular weight is 161 g/mol. The van der Waals surface area contributed by atoms with Crippen molar-refractivity contribution in [1.82, 2.24) is 0 Å². The third-order valence-electron chi connectivity index (χ3n) is 2.34. The molecule has 1 fully saturated rings. The van der Waals surface area contributed by atoms with E-state index >= 15 is 0 Å². The van der Waals surface area contributed by atoms with E-state index in [9.17, 15) is 0 Å². The van der Waals surface area contributed by atoms with E-state index in [0.717, 1.165) is 11.8 Å². The SMILES string of the molecule is CC(C)CC1CCCC1Cl. The molecule has 0 aromatic heterocycles. The summed E-state index contributed by atoms with van der Waals surface area (Å²) in [6, 6.07) is 0. The van der Waals surface area contributed by atoms with Crippen LogP contribution in [0.1, 0.15) is 39.5 Å². The second-order valence-electron chi connectivity index (χ2n) is 3.84. The Hall–Kier alpha value is 0.290. The fourth-order valence-corrected chi connectivity index (χ4v) is 2.25. The molecular formula is C9H17Cl. The summed E-state index contributed by atoms with van der Waals surface area (Å²) in [5.41, 5.74) is 0. The van der Waals surface area contributed by atoms with Gasteiger partial charge < -0.3 is 0 Å². The Morgan fingerprint density at radius 1 is 1.40 bits per heavy atom. The van der Waals surface area contributed by atoms with Gasteiger partial charge in [0.1, 0.15) is 0 Å². The van der Waals surface area contributed by atoms with Crippen molar-refractivity contribution in [3.05, 3.63) is 0 Å². The van der Waals surface area contributed by atoms with Crippen molar-refractivity contribution in [2.75, 3.05) is 0 Å². The molecule has 2 atom stereocenters. The van der Waals surface area contributed by atoms with E-state index in [4.69, 9.17) is 11.6 Å². The zero-order chi connectivity index (χ0) is 7.56. The predicted molar refractivity (Wildman–Crippen MR) is 46.4 cm³/mol. The van der Waals surface area contributed by atoms with Gasteiger partial charge in [0.15, 0.2) is 0 Å². The molecule has 1 aliphatic carbocycles. The fourth-order valence-electron chi connectivity index (χ4n) is 1.86. The zero-order valence-corrected chi connectivity index (χ0v) is 7.69. The second-order valence-corrected chi connectivity index (χ2v) is 4.40. The van der Waals surface area contributed by atoms with Gasteiger partial charge in [-0.25, -0.2) is 0 Å². The van der Waals surface area contributed by atoms with Crippen molar-refractivity contribution in [3.8, 4) is 0 Å². The molecule has 0 aromatic rings. The molecule has 1 aliphatic rings. The molecule has 0 aromatic carbocycles. The summed E-state index contributed by atoms with van der Waals surface area (Å²) in [7, 11) is 0. The lowest BCUT2D eigenvalue weighted by Crippen LogP contribution is -2.09. The van der Waals surface area contributed by atoms with E-state index in [-0.39, 0.29) is 0 Å². The minimum atomic E-state index is 0.488. The van der Waals surface area contributed by atoms with Gasteiger partial charge in [-0.3, -0.25) is 0 Å². The number of hydrogen-bond donors (Lipinski definition) is 0. The zero-order valence-electron chi connectivity index (χ0n) is 6.94. The number of hydrogen-bond acceptors (Lipinski definition) is 0. The van der Waals surface area contributed by atoms with Crippen LogP contribution in [0, 0.1) is 11.8 Å². The fraction of sp³-hybridized carbons (Fsp3) is 1.00. The molecule has 0 amide bonds. The summed E-state index contributed by atoms with van der Waals surface area (Å²) in [5.74, 6) is 1.64. The highest BCUT2D eigenvalue weighted by Crippen LogP contribution is 2.34. The number of rotatable bonds is 2. The molecule has 1 saturated carbocycles. The highest BCUT2D eigenvalue weighted by atomic mass is 35.5. The summed E-state index contributed by atoms with van der Waals surface area (Å²) in [6.07, 6.45) is 5.30. The van der Waals surface area contributed by atoms with Gasteiger partial charge in [-0.1, -0.05) is 20.3 Å². The molecule has 1 rings (SSSR count). The van der Waals surface area contributed by atoms with E-state index in [1.807, 2.05) is 0 Å². The van der Waals surface area contributed by atoms with Crippen molar-refractivity contribution in [3.63, 3.8) is 0 Å². The highest BCUT2D eigenvalue weighted by molar-refractivity contribution is 6.20. The van der Waals surface area contributed by atoms with Crippen molar-refractivity contribution in [2.24, 2.45) is 11.8 Å². The summed E-state index contributed by atoms with van der Waals surface area (Å²) in [5, 5.41) is 0.488. The molecule has 0 aliphatic heterocycles. The van der Waals surface area contributed by atoms with Gasteiger partial charge in [-0.15, -0.1) is 11.6 Å². The second kappa shape index (κ2) is 3.61. The van der Waals surface area contributed by atoms with Crippen LogP contribution in [-0.4, -0.2) is 5.38 Å². The first-order valence-corrected chi connectivity index (χ1v) is 4.78. The molecule has 60 valence electrons.